The number of anilines is 1. The number of rotatable bonds is 2. The summed E-state index contributed by atoms with van der Waals surface area (Å²) < 4.78 is 13.4. The molecule has 0 radical (unpaired) electrons. The normalized spacial score (nSPS) is 23.0. The first-order valence-electron chi connectivity index (χ1n) is 6.89. The summed E-state index contributed by atoms with van der Waals surface area (Å²) in [6.45, 7) is 3.70. The van der Waals surface area contributed by atoms with E-state index in [2.05, 4.69) is 10.6 Å². The second-order valence-corrected chi connectivity index (χ2v) is 5.77. The van der Waals surface area contributed by atoms with Crippen LogP contribution in [0, 0.1) is 24.1 Å². The van der Waals surface area contributed by atoms with Crippen molar-refractivity contribution in [3.63, 3.8) is 0 Å². The molecule has 1 amide bonds. The quantitative estimate of drug-likeness (QED) is 0.881. The predicted molar refractivity (Wildman–Crippen MR) is 79.7 cm³/mol. The lowest BCUT2D eigenvalue weighted by atomic mass is 9.91. The second kappa shape index (κ2) is 5.70. The Morgan fingerprint density at radius 3 is 2.80 bits per heavy atom. The van der Waals surface area contributed by atoms with E-state index in [1.165, 1.54) is 6.07 Å². The number of piperidine rings is 1. The SMILES string of the molecule is Cc1c(F)cccc1NC(=O)C1CC12CCNCC2.Cl. The first kappa shape index (κ1) is 15.3. The third-order valence-corrected chi connectivity index (χ3v) is 4.63. The first-order chi connectivity index (χ1) is 9.12. The zero-order valence-electron chi connectivity index (χ0n) is 11.5. The van der Waals surface area contributed by atoms with Crippen molar-refractivity contribution in [2.75, 3.05) is 18.4 Å². The molecular formula is C15H20ClFN2O. The molecule has 1 aromatic rings. The largest absolute Gasteiger partial charge is 0.325 e. The maximum absolute atomic E-state index is 13.4. The third-order valence-electron chi connectivity index (χ3n) is 4.63. The highest BCUT2D eigenvalue weighted by Crippen LogP contribution is 2.58. The molecular weight excluding hydrogens is 279 g/mol. The van der Waals surface area contributed by atoms with Crippen molar-refractivity contribution < 1.29 is 9.18 Å². The molecule has 2 N–H and O–H groups in total. The van der Waals surface area contributed by atoms with Crippen LogP contribution >= 0.6 is 12.4 Å². The summed E-state index contributed by atoms with van der Waals surface area (Å²) in [6, 6.07) is 4.80. The smallest absolute Gasteiger partial charge is 0.228 e. The minimum absolute atomic E-state index is 0. The van der Waals surface area contributed by atoms with Crippen LogP contribution in [0.25, 0.3) is 0 Å². The van der Waals surface area contributed by atoms with E-state index in [1.54, 1.807) is 19.1 Å². The van der Waals surface area contributed by atoms with Gasteiger partial charge in [0.1, 0.15) is 5.82 Å². The Balaban J connectivity index is 0.00000147. The highest BCUT2D eigenvalue weighted by molar-refractivity contribution is 5.95. The monoisotopic (exact) mass is 298 g/mol. The lowest BCUT2D eigenvalue weighted by Gasteiger charge is -2.23. The van der Waals surface area contributed by atoms with E-state index < -0.39 is 0 Å². The van der Waals surface area contributed by atoms with Crippen molar-refractivity contribution in [3.8, 4) is 0 Å². The molecule has 1 unspecified atom stereocenters. The molecule has 1 saturated heterocycles. The van der Waals surface area contributed by atoms with E-state index in [4.69, 9.17) is 0 Å². The van der Waals surface area contributed by atoms with Crippen LogP contribution in [0.1, 0.15) is 24.8 Å². The van der Waals surface area contributed by atoms with Crippen molar-refractivity contribution in [2.24, 2.45) is 11.3 Å². The molecule has 1 aliphatic heterocycles. The van der Waals surface area contributed by atoms with Gasteiger partial charge in [0, 0.05) is 17.2 Å². The van der Waals surface area contributed by atoms with Gasteiger partial charge in [0.05, 0.1) is 0 Å². The molecule has 20 heavy (non-hydrogen) atoms. The zero-order valence-corrected chi connectivity index (χ0v) is 12.4. The van der Waals surface area contributed by atoms with Gasteiger partial charge in [0.15, 0.2) is 0 Å². The lowest BCUT2D eigenvalue weighted by Crippen LogP contribution is -2.31. The molecule has 3 nitrogen and oxygen atoms in total. The summed E-state index contributed by atoms with van der Waals surface area (Å²) in [4.78, 5) is 12.3. The van der Waals surface area contributed by atoms with Crippen molar-refractivity contribution >= 4 is 24.0 Å². The fourth-order valence-electron chi connectivity index (χ4n) is 3.16. The summed E-state index contributed by atoms with van der Waals surface area (Å²) in [5, 5.41) is 6.21. The molecule has 1 aliphatic carbocycles. The number of hydrogen-bond acceptors (Lipinski definition) is 2. The summed E-state index contributed by atoms with van der Waals surface area (Å²) in [5.74, 6) is -0.113. The number of carbonyl (C=O) groups excluding carboxylic acids is 1. The van der Waals surface area contributed by atoms with E-state index >= 15 is 0 Å². The van der Waals surface area contributed by atoms with E-state index in [0.29, 0.717) is 11.3 Å². The Labute approximate surface area is 124 Å². The van der Waals surface area contributed by atoms with Crippen LogP contribution in [0.15, 0.2) is 18.2 Å². The van der Waals surface area contributed by atoms with Crippen LogP contribution < -0.4 is 10.6 Å². The van der Waals surface area contributed by atoms with Crippen LogP contribution in [0.3, 0.4) is 0 Å². The molecule has 1 atom stereocenters. The van der Waals surface area contributed by atoms with Gasteiger partial charge in [0.2, 0.25) is 5.91 Å². The van der Waals surface area contributed by atoms with Crippen LogP contribution in [0.2, 0.25) is 0 Å². The van der Waals surface area contributed by atoms with Crippen LogP contribution in [0.4, 0.5) is 10.1 Å². The molecule has 1 saturated carbocycles. The number of amides is 1. The van der Waals surface area contributed by atoms with Crippen molar-refractivity contribution in [3.05, 3.63) is 29.6 Å². The van der Waals surface area contributed by atoms with Gasteiger partial charge in [-0.2, -0.15) is 0 Å². The third kappa shape index (κ3) is 2.67. The fraction of sp³-hybridized carbons (Fsp3) is 0.533. The van der Waals surface area contributed by atoms with E-state index in [1.807, 2.05) is 0 Å². The maximum Gasteiger partial charge on any atom is 0.228 e. The van der Waals surface area contributed by atoms with E-state index in [9.17, 15) is 9.18 Å². The average Bonchev–Trinajstić information content (AvgIpc) is 3.09. The molecule has 0 aromatic heterocycles. The summed E-state index contributed by atoms with van der Waals surface area (Å²) in [5.41, 5.74) is 1.33. The Bertz CT molecular complexity index is 515. The van der Waals surface area contributed by atoms with Gasteiger partial charge >= 0.3 is 0 Å². The Morgan fingerprint density at radius 2 is 2.10 bits per heavy atom. The molecule has 0 bridgehead atoms. The minimum atomic E-state index is -0.273. The van der Waals surface area contributed by atoms with Crippen molar-refractivity contribution in [2.45, 2.75) is 26.2 Å². The summed E-state index contributed by atoms with van der Waals surface area (Å²) >= 11 is 0. The number of carbonyl (C=O) groups is 1. The predicted octanol–water partition coefficient (Wildman–Crippen LogP) is 2.88. The van der Waals surface area contributed by atoms with Gasteiger partial charge < -0.3 is 10.6 Å². The topological polar surface area (TPSA) is 41.1 Å². The van der Waals surface area contributed by atoms with Crippen LogP contribution in [-0.2, 0) is 4.79 Å². The van der Waals surface area contributed by atoms with Crippen LogP contribution in [0.5, 0.6) is 0 Å². The number of benzene rings is 1. The number of nitrogens with one attached hydrogen (secondary N) is 2. The lowest BCUT2D eigenvalue weighted by molar-refractivity contribution is -0.118. The fourth-order valence-corrected chi connectivity index (χ4v) is 3.16. The van der Waals surface area contributed by atoms with E-state index in [-0.39, 0.29) is 35.5 Å². The Hall–Kier alpha value is -1.13. The Morgan fingerprint density at radius 1 is 1.40 bits per heavy atom. The van der Waals surface area contributed by atoms with Crippen LogP contribution in [-0.4, -0.2) is 19.0 Å². The molecule has 1 heterocycles. The van der Waals surface area contributed by atoms with Gasteiger partial charge in [-0.1, -0.05) is 6.07 Å². The molecule has 1 spiro atoms. The number of halogens is 2. The van der Waals surface area contributed by atoms with Gasteiger partial charge in [-0.05, 0) is 56.8 Å². The standard InChI is InChI=1S/C15H19FN2O.ClH/c1-10-12(16)3-2-4-13(10)18-14(19)11-9-15(11)5-7-17-8-6-15;/h2-4,11,17H,5-9H2,1H3,(H,18,19);1H. The summed E-state index contributed by atoms with van der Waals surface area (Å²) in [7, 11) is 0. The zero-order chi connectivity index (χ0) is 13.5. The molecule has 2 aliphatic rings. The highest BCUT2D eigenvalue weighted by atomic mass is 35.5. The minimum Gasteiger partial charge on any atom is -0.325 e. The van der Waals surface area contributed by atoms with Gasteiger partial charge in [-0.3, -0.25) is 4.79 Å². The van der Waals surface area contributed by atoms with Gasteiger partial charge in [-0.15, -0.1) is 12.4 Å². The molecule has 110 valence electrons. The molecule has 1 aromatic carbocycles. The maximum atomic E-state index is 13.4. The van der Waals surface area contributed by atoms with Crippen molar-refractivity contribution in [1.82, 2.24) is 5.32 Å². The summed E-state index contributed by atoms with van der Waals surface area (Å²) in [6.07, 6.45) is 3.13. The second-order valence-electron chi connectivity index (χ2n) is 5.77. The van der Waals surface area contributed by atoms with Gasteiger partial charge in [0.25, 0.3) is 0 Å². The average molecular weight is 299 g/mol. The Kier molecular flexibility index (Phi) is 4.35. The molecule has 3 rings (SSSR count). The number of hydrogen-bond donors (Lipinski definition) is 2. The van der Waals surface area contributed by atoms with Crippen molar-refractivity contribution in [1.29, 1.82) is 0 Å². The molecule has 2 fully saturated rings. The van der Waals surface area contributed by atoms with Gasteiger partial charge in [-0.25, -0.2) is 4.39 Å². The highest BCUT2D eigenvalue weighted by Gasteiger charge is 2.57. The van der Waals surface area contributed by atoms with E-state index in [0.717, 1.165) is 32.4 Å². The molecule has 5 heteroatoms. The first-order valence-corrected chi connectivity index (χ1v) is 6.89.